The molecule has 1 fully saturated rings. The van der Waals surface area contributed by atoms with Crippen LogP contribution < -0.4 is 10.2 Å². The van der Waals surface area contributed by atoms with Gasteiger partial charge in [-0.1, -0.05) is 29.8 Å². The van der Waals surface area contributed by atoms with Gasteiger partial charge in [-0.2, -0.15) is 4.31 Å². The van der Waals surface area contributed by atoms with Crippen LogP contribution in [0.15, 0.2) is 53.4 Å². The molecule has 1 amide bonds. The summed E-state index contributed by atoms with van der Waals surface area (Å²) < 4.78 is 27.0. The minimum atomic E-state index is -3.68. The fourth-order valence-corrected chi connectivity index (χ4v) is 5.18. The van der Waals surface area contributed by atoms with E-state index in [1.165, 1.54) is 16.4 Å². The third kappa shape index (κ3) is 4.66. The quantitative estimate of drug-likeness (QED) is 0.746. The van der Waals surface area contributed by atoms with E-state index in [-0.39, 0.29) is 21.4 Å². The first-order chi connectivity index (χ1) is 13.4. The number of para-hydroxylation sites is 1. The number of nitrogens with one attached hydrogen (secondary N) is 1. The third-order valence-corrected chi connectivity index (χ3v) is 7.19. The molecule has 1 aliphatic rings. The second kappa shape index (κ2) is 8.94. The molecule has 150 valence electrons. The highest BCUT2D eigenvalue weighted by molar-refractivity contribution is 7.89. The Kier molecular flexibility index (Phi) is 6.59. The molecule has 0 aliphatic carbocycles. The lowest BCUT2D eigenvalue weighted by Crippen LogP contribution is -2.33. The van der Waals surface area contributed by atoms with E-state index in [0.717, 1.165) is 18.5 Å². The third-order valence-electron chi connectivity index (χ3n) is 4.81. The van der Waals surface area contributed by atoms with Gasteiger partial charge in [0.25, 0.3) is 5.91 Å². The SMILES string of the molecule is CN(CCNC(=O)c1ccc(Cl)c(S(=O)(=O)N2CCCC2)c1)c1ccccc1. The van der Waals surface area contributed by atoms with Crippen molar-refractivity contribution in [1.29, 1.82) is 0 Å². The summed E-state index contributed by atoms with van der Waals surface area (Å²) in [4.78, 5) is 14.5. The van der Waals surface area contributed by atoms with Crippen molar-refractivity contribution in [3.8, 4) is 0 Å². The molecule has 0 aromatic heterocycles. The molecule has 0 atom stereocenters. The van der Waals surface area contributed by atoms with Crippen LogP contribution in [-0.2, 0) is 10.0 Å². The van der Waals surface area contributed by atoms with Gasteiger partial charge < -0.3 is 10.2 Å². The molecule has 0 saturated carbocycles. The lowest BCUT2D eigenvalue weighted by molar-refractivity contribution is 0.0954. The summed E-state index contributed by atoms with van der Waals surface area (Å²) in [5.41, 5.74) is 1.34. The van der Waals surface area contributed by atoms with Gasteiger partial charge >= 0.3 is 0 Å². The summed E-state index contributed by atoms with van der Waals surface area (Å²) in [5.74, 6) is -0.323. The molecular weight excluding hydrogens is 398 g/mol. The molecule has 2 aromatic carbocycles. The normalized spacial score (nSPS) is 14.8. The van der Waals surface area contributed by atoms with Crippen LogP contribution in [0.4, 0.5) is 5.69 Å². The number of hydrogen-bond donors (Lipinski definition) is 1. The molecule has 8 heteroatoms. The Balaban J connectivity index is 1.66. The zero-order chi connectivity index (χ0) is 20.1. The number of nitrogens with zero attached hydrogens (tertiary/aromatic N) is 2. The lowest BCUT2D eigenvalue weighted by Gasteiger charge is -2.19. The molecule has 1 N–H and O–H groups in total. The molecule has 0 radical (unpaired) electrons. The van der Waals surface area contributed by atoms with E-state index in [9.17, 15) is 13.2 Å². The molecule has 0 unspecified atom stereocenters. The average molecular weight is 422 g/mol. The molecule has 1 heterocycles. The minimum absolute atomic E-state index is 0.00915. The van der Waals surface area contributed by atoms with Gasteiger partial charge in [-0.25, -0.2) is 8.42 Å². The Bertz CT molecular complexity index is 929. The Hall–Kier alpha value is -2.09. The van der Waals surface area contributed by atoms with Gasteiger partial charge in [0, 0.05) is 44.5 Å². The molecule has 3 rings (SSSR count). The van der Waals surface area contributed by atoms with Crippen molar-refractivity contribution in [2.24, 2.45) is 0 Å². The number of rotatable bonds is 7. The van der Waals surface area contributed by atoms with Crippen molar-refractivity contribution in [2.45, 2.75) is 17.7 Å². The number of amides is 1. The molecule has 0 spiro atoms. The number of likely N-dealkylation sites (N-methyl/N-ethyl adjacent to an activating group) is 1. The highest BCUT2D eigenvalue weighted by atomic mass is 35.5. The number of halogens is 1. The van der Waals surface area contributed by atoms with Gasteiger partial charge in [0.1, 0.15) is 4.90 Å². The smallest absolute Gasteiger partial charge is 0.251 e. The zero-order valence-corrected chi connectivity index (χ0v) is 17.3. The second-order valence-corrected chi connectivity index (χ2v) is 9.08. The molecule has 6 nitrogen and oxygen atoms in total. The maximum Gasteiger partial charge on any atom is 0.251 e. The number of carbonyl (C=O) groups is 1. The summed E-state index contributed by atoms with van der Waals surface area (Å²) in [7, 11) is -1.73. The predicted octanol–water partition coefficient (Wildman–Crippen LogP) is 2.99. The van der Waals surface area contributed by atoms with E-state index in [1.54, 1.807) is 6.07 Å². The van der Waals surface area contributed by atoms with Crippen LogP contribution in [0, 0.1) is 0 Å². The summed E-state index contributed by atoms with van der Waals surface area (Å²) >= 11 is 6.13. The topological polar surface area (TPSA) is 69.7 Å². The van der Waals surface area contributed by atoms with Crippen LogP contribution in [0.25, 0.3) is 0 Å². The predicted molar refractivity (Wildman–Crippen MR) is 111 cm³/mol. The largest absolute Gasteiger partial charge is 0.373 e. The maximum atomic E-state index is 12.8. The molecular formula is C20H24ClN3O3S. The lowest BCUT2D eigenvalue weighted by atomic mass is 10.2. The van der Waals surface area contributed by atoms with Gasteiger partial charge in [-0.3, -0.25) is 4.79 Å². The first-order valence-corrected chi connectivity index (χ1v) is 11.1. The molecule has 1 saturated heterocycles. The van der Waals surface area contributed by atoms with E-state index >= 15 is 0 Å². The standard InChI is InChI=1S/C20H24ClN3O3S/c1-23(17-7-3-2-4-8-17)14-11-22-20(25)16-9-10-18(21)19(15-16)28(26,27)24-12-5-6-13-24/h2-4,7-10,15H,5-6,11-14H2,1H3,(H,22,25). The van der Waals surface area contributed by atoms with Crippen molar-refractivity contribution in [3.63, 3.8) is 0 Å². The number of benzene rings is 2. The summed E-state index contributed by atoms with van der Waals surface area (Å²) in [6.45, 7) is 2.03. The number of carbonyl (C=O) groups excluding carboxylic acids is 1. The Morgan fingerprint density at radius 3 is 2.50 bits per heavy atom. The van der Waals surface area contributed by atoms with Crippen molar-refractivity contribution in [1.82, 2.24) is 9.62 Å². The van der Waals surface area contributed by atoms with Gasteiger partial charge in [0.05, 0.1) is 5.02 Å². The zero-order valence-electron chi connectivity index (χ0n) is 15.8. The van der Waals surface area contributed by atoms with E-state index in [2.05, 4.69) is 5.32 Å². The number of hydrogen-bond acceptors (Lipinski definition) is 4. The van der Waals surface area contributed by atoms with E-state index in [1.807, 2.05) is 42.3 Å². The van der Waals surface area contributed by atoms with Gasteiger partial charge in [0.2, 0.25) is 10.0 Å². The first kappa shape index (κ1) is 20.6. The van der Waals surface area contributed by atoms with Crippen LogP contribution in [0.1, 0.15) is 23.2 Å². The maximum absolute atomic E-state index is 12.8. The number of sulfonamides is 1. The Labute approximate surface area is 171 Å². The van der Waals surface area contributed by atoms with E-state index in [4.69, 9.17) is 11.6 Å². The highest BCUT2D eigenvalue weighted by Gasteiger charge is 2.29. The van der Waals surface area contributed by atoms with Crippen molar-refractivity contribution >= 4 is 33.2 Å². The Morgan fingerprint density at radius 1 is 1.14 bits per heavy atom. The van der Waals surface area contributed by atoms with Crippen LogP contribution >= 0.6 is 11.6 Å². The van der Waals surface area contributed by atoms with Gasteiger partial charge in [-0.05, 0) is 43.2 Å². The van der Waals surface area contributed by atoms with Crippen LogP contribution in [0.3, 0.4) is 0 Å². The van der Waals surface area contributed by atoms with Crippen LogP contribution in [0.2, 0.25) is 5.02 Å². The average Bonchev–Trinajstić information content (AvgIpc) is 3.24. The molecule has 0 bridgehead atoms. The summed E-state index contributed by atoms with van der Waals surface area (Å²) in [6.07, 6.45) is 1.68. The molecule has 1 aliphatic heterocycles. The van der Waals surface area contributed by atoms with E-state index < -0.39 is 10.0 Å². The molecule has 28 heavy (non-hydrogen) atoms. The Morgan fingerprint density at radius 2 is 1.82 bits per heavy atom. The summed E-state index contributed by atoms with van der Waals surface area (Å²) in [5, 5.41) is 2.97. The van der Waals surface area contributed by atoms with Crippen molar-refractivity contribution in [3.05, 3.63) is 59.1 Å². The van der Waals surface area contributed by atoms with Crippen molar-refractivity contribution < 1.29 is 13.2 Å². The first-order valence-electron chi connectivity index (χ1n) is 9.23. The minimum Gasteiger partial charge on any atom is -0.373 e. The summed E-state index contributed by atoms with van der Waals surface area (Å²) in [6, 6.07) is 14.2. The second-order valence-electron chi connectivity index (χ2n) is 6.77. The fraction of sp³-hybridized carbons (Fsp3) is 0.350. The monoisotopic (exact) mass is 421 g/mol. The van der Waals surface area contributed by atoms with Gasteiger partial charge in [-0.15, -0.1) is 0 Å². The number of anilines is 1. The van der Waals surface area contributed by atoms with Crippen LogP contribution in [0.5, 0.6) is 0 Å². The highest BCUT2D eigenvalue weighted by Crippen LogP contribution is 2.28. The fourth-order valence-electron chi connectivity index (χ4n) is 3.16. The van der Waals surface area contributed by atoms with Gasteiger partial charge in [0.15, 0.2) is 0 Å². The van der Waals surface area contributed by atoms with E-state index in [0.29, 0.717) is 26.2 Å². The van der Waals surface area contributed by atoms with Crippen LogP contribution in [-0.4, -0.2) is 51.9 Å². The van der Waals surface area contributed by atoms with Crippen molar-refractivity contribution in [2.75, 3.05) is 38.1 Å². The molecule has 2 aromatic rings.